The van der Waals surface area contributed by atoms with Gasteiger partial charge in [-0.15, -0.1) is 11.3 Å². The molecule has 0 spiro atoms. The van der Waals surface area contributed by atoms with E-state index < -0.39 is 0 Å². The Labute approximate surface area is 110 Å². The minimum Gasteiger partial charge on any atom is -0.337 e. The molecular weight excluding hydrogens is 248 g/mol. The number of aromatic nitrogens is 2. The number of nitrogens with zero attached hydrogens (tertiary/aromatic N) is 3. The molecule has 0 bridgehead atoms. The van der Waals surface area contributed by atoms with Crippen LogP contribution in [0.1, 0.15) is 10.7 Å². The molecule has 2 rings (SSSR count). The van der Waals surface area contributed by atoms with Crippen molar-refractivity contribution >= 4 is 22.4 Å². The van der Waals surface area contributed by atoms with Crippen LogP contribution in [0, 0.1) is 6.92 Å². The fraction of sp³-hybridized carbons (Fsp3) is 0.333. The van der Waals surface area contributed by atoms with Crippen LogP contribution in [0.2, 0.25) is 0 Å². The van der Waals surface area contributed by atoms with Crippen LogP contribution >= 0.6 is 11.3 Å². The number of carbonyl (C=O) groups excluding carboxylic acids is 1. The predicted molar refractivity (Wildman–Crippen MR) is 72.7 cm³/mol. The lowest BCUT2D eigenvalue weighted by Crippen LogP contribution is -2.31. The van der Waals surface area contributed by atoms with Gasteiger partial charge < -0.3 is 9.47 Å². The monoisotopic (exact) mass is 264 g/mol. The summed E-state index contributed by atoms with van der Waals surface area (Å²) in [4.78, 5) is 18.9. The zero-order chi connectivity index (χ0) is 13.1. The van der Waals surface area contributed by atoms with Crippen molar-refractivity contribution in [2.24, 2.45) is 7.05 Å². The van der Waals surface area contributed by atoms with Crippen LogP contribution in [-0.2, 0) is 13.6 Å². The molecule has 0 aliphatic carbocycles. The molecule has 2 amide bonds. The average molecular weight is 264 g/mol. The van der Waals surface area contributed by atoms with Crippen molar-refractivity contribution in [3.05, 3.63) is 35.2 Å². The molecule has 0 unspecified atom stereocenters. The largest absolute Gasteiger partial charge is 0.337 e. The maximum absolute atomic E-state index is 11.9. The fourth-order valence-corrected chi connectivity index (χ4v) is 2.29. The maximum atomic E-state index is 11.9. The second kappa shape index (κ2) is 5.22. The van der Waals surface area contributed by atoms with E-state index in [1.165, 1.54) is 4.88 Å². The van der Waals surface area contributed by atoms with Crippen LogP contribution < -0.4 is 5.32 Å². The third-order valence-corrected chi connectivity index (χ3v) is 3.53. The molecule has 2 aromatic heterocycles. The Hall–Kier alpha value is -1.82. The molecule has 0 atom stereocenters. The Balaban J connectivity index is 1.95. The summed E-state index contributed by atoms with van der Waals surface area (Å²) >= 11 is 1.57. The van der Waals surface area contributed by atoms with Gasteiger partial charge >= 0.3 is 6.03 Å². The molecule has 0 saturated heterocycles. The Morgan fingerprint density at radius 3 is 2.89 bits per heavy atom. The number of anilines is 1. The number of hydrogen-bond donors (Lipinski definition) is 1. The molecule has 0 fully saturated rings. The molecule has 5 nitrogen and oxygen atoms in total. The lowest BCUT2D eigenvalue weighted by molar-refractivity contribution is 0.219. The van der Waals surface area contributed by atoms with E-state index in [4.69, 9.17) is 0 Å². The maximum Gasteiger partial charge on any atom is 0.322 e. The first-order chi connectivity index (χ1) is 8.56. The Bertz CT molecular complexity index is 546. The first kappa shape index (κ1) is 12.6. The first-order valence-corrected chi connectivity index (χ1v) is 6.42. The highest BCUT2D eigenvalue weighted by atomic mass is 32.1. The van der Waals surface area contributed by atoms with Gasteiger partial charge in [0.2, 0.25) is 0 Å². The van der Waals surface area contributed by atoms with Gasteiger partial charge in [0.15, 0.2) is 0 Å². The number of hydrogen-bond acceptors (Lipinski definition) is 3. The van der Waals surface area contributed by atoms with Gasteiger partial charge in [-0.1, -0.05) is 0 Å². The molecular formula is C12H16N4OS. The Morgan fingerprint density at radius 2 is 2.33 bits per heavy atom. The van der Waals surface area contributed by atoms with Crippen LogP contribution in [-0.4, -0.2) is 27.5 Å². The second-order valence-electron chi connectivity index (χ2n) is 4.15. The van der Waals surface area contributed by atoms with E-state index >= 15 is 0 Å². The van der Waals surface area contributed by atoms with Crippen molar-refractivity contribution in [1.82, 2.24) is 14.5 Å². The highest BCUT2D eigenvalue weighted by Gasteiger charge is 2.12. The second-order valence-corrected chi connectivity index (χ2v) is 5.44. The van der Waals surface area contributed by atoms with E-state index in [1.807, 2.05) is 36.9 Å². The van der Waals surface area contributed by atoms with E-state index in [-0.39, 0.29) is 6.03 Å². The van der Waals surface area contributed by atoms with Gasteiger partial charge in [-0.3, -0.25) is 5.32 Å². The van der Waals surface area contributed by atoms with Crippen molar-refractivity contribution in [3.8, 4) is 0 Å². The summed E-state index contributed by atoms with van der Waals surface area (Å²) in [6, 6.07) is 3.77. The highest BCUT2D eigenvalue weighted by Crippen LogP contribution is 2.20. The summed E-state index contributed by atoms with van der Waals surface area (Å²) in [7, 11) is 3.67. The summed E-state index contributed by atoms with van der Waals surface area (Å²) < 4.78 is 1.90. The fourth-order valence-electron chi connectivity index (χ4n) is 1.54. The van der Waals surface area contributed by atoms with E-state index in [0.29, 0.717) is 6.54 Å². The standard InChI is InChI=1S/C12H16N4OS/c1-9-4-5-11(18-9)14-12(17)16(3)8-10-13-6-7-15(10)2/h4-7H,8H2,1-3H3,(H,14,17). The molecule has 0 aromatic carbocycles. The molecule has 0 radical (unpaired) electrons. The normalized spacial score (nSPS) is 10.4. The summed E-state index contributed by atoms with van der Waals surface area (Å²) in [6.45, 7) is 2.50. The van der Waals surface area contributed by atoms with Crippen molar-refractivity contribution in [2.75, 3.05) is 12.4 Å². The zero-order valence-corrected chi connectivity index (χ0v) is 11.5. The van der Waals surface area contributed by atoms with Gasteiger partial charge in [-0.25, -0.2) is 9.78 Å². The number of aryl methyl sites for hydroxylation is 2. The number of amides is 2. The molecule has 96 valence electrons. The van der Waals surface area contributed by atoms with E-state index in [2.05, 4.69) is 10.3 Å². The number of urea groups is 1. The molecule has 0 aliphatic rings. The number of imidazole rings is 1. The molecule has 18 heavy (non-hydrogen) atoms. The lowest BCUT2D eigenvalue weighted by atomic mass is 10.5. The summed E-state index contributed by atoms with van der Waals surface area (Å²) in [5, 5.41) is 3.73. The molecule has 6 heteroatoms. The third kappa shape index (κ3) is 2.89. The van der Waals surface area contributed by atoms with E-state index in [1.54, 1.807) is 29.5 Å². The van der Waals surface area contributed by atoms with Gasteiger partial charge in [0, 0.05) is 31.4 Å². The number of thiophene rings is 1. The molecule has 2 aromatic rings. The van der Waals surface area contributed by atoms with E-state index in [9.17, 15) is 4.79 Å². The van der Waals surface area contributed by atoms with Crippen molar-refractivity contribution in [2.45, 2.75) is 13.5 Å². The number of carbonyl (C=O) groups is 1. The highest BCUT2D eigenvalue weighted by molar-refractivity contribution is 7.16. The molecule has 1 N–H and O–H groups in total. The van der Waals surface area contributed by atoms with Gasteiger partial charge in [-0.05, 0) is 19.1 Å². The third-order valence-electron chi connectivity index (χ3n) is 2.62. The summed E-state index contributed by atoms with van der Waals surface area (Å²) in [6.07, 6.45) is 3.59. The summed E-state index contributed by atoms with van der Waals surface area (Å²) in [5.74, 6) is 0.856. The quantitative estimate of drug-likeness (QED) is 0.925. The lowest BCUT2D eigenvalue weighted by Gasteiger charge is -2.16. The molecule has 0 saturated carbocycles. The zero-order valence-electron chi connectivity index (χ0n) is 10.7. The van der Waals surface area contributed by atoms with E-state index in [0.717, 1.165) is 10.8 Å². The smallest absolute Gasteiger partial charge is 0.322 e. The van der Waals surface area contributed by atoms with Crippen LogP contribution in [0.3, 0.4) is 0 Å². The van der Waals surface area contributed by atoms with Crippen LogP contribution in [0.15, 0.2) is 24.5 Å². The predicted octanol–water partition coefficient (Wildman–Crippen LogP) is 2.45. The first-order valence-electron chi connectivity index (χ1n) is 5.61. The molecule has 2 heterocycles. The Morgan fingerprint density at radius 1 is 1.56 bits per heavy atom. The van der Waals surface area contributed by atoms with Gasteiger partial charge in [-0.2, -0.15) is 0 Å². The van der Waals surface area contributed by atoms with Gasteiger partial charge in [0.05, 0.1) is 11.5 Å². The van der Waals surface area contributed by atoms with Crippen LogP contribution in [0.5, 0.6) is 0 Å². The van der Waals surface area contributed by atoms with Crippen LogP contribution in [0.4, 0.5) is 9.80 Å². The van der Waals surface area contributed by atoms with Gasteiger partial charge in [0.25, 0.3) is 0 Å². The molecule has 0 aliphatic heterocycles. The van der Waals surface area contributed by atoms with Gasteiger partial charge in [0.1, 0.15) is 5.82 Å². The SMILES string of the molecule is Cc1ccc(NC(=O)N(C)Cc2nccn2C)s1. The number of nitrogens with one attached hydrogen (secondary N) is 1. The minimum absolute atomic E-state index is 0.125. The average Bonchev–Trinajstić information content (AvgIpc) is 2.89. The Kier molecular flexibility index (Phi) is 3.66. The van der Waals surface area contributed by atoms with Crippen molar-refractivity contribution in [3.63, 3.8) is 0 Å². The van der Waals surface area contributed by atoms with Crippen molar-refractivity contribution in [1.29, 1.82) is 0 Å². The number of rotatable bonds is 3. The summed E-state index contributed by atoms with van der Waals surface area (Å²) in [5.41, 5.74) is 0. The van der Waals surface area contributed by atoms with Crippen molar-refractivity contribution < 1.29 is 4.79 Å². The minimum atomic E-state index is -0.125. The van der Waals surface area contributed by atoms with Crippen LogP contribution in [0.25, 0.3) is 0 Å². The topological polar surface area (TPSA) is 50.2 Å².